The molecule has 0 radical (unpaired) electrons. The van der Waals surface area contributed by atoms with Gasteiger partial charge in [-0.15, -0.1) is 0 Å². The van der Waals surface area contributed by atoms with Crippen molar-refractivity contribution in [3.63, 3.8) is 0 Å². The number of carbonyl (C=O) groups excluding carboxylic acids is 3. The topological polar surface area (TPSA) is 92.9 Å². The molecule has 0 aromatic heterocycles. The van der Waals surface area contributed by atoms with Gasteiger partial charge in [0.2, 0.25) is 5.91 Å². The maximum Gasteiger partial charge on any atom is 0.326 e. The lowest BCUT2D eigenvalue weighted by Crippen LogP contribution is -2.57. The van der Waals surface area contributed by atoms with E-state index < -0.39 is 23.6 Å². The molecule has 1 aliphatic carbocycles. The van der Waals surface area contributed by atoms with Gasteiger partial charge in [-0.25, -0.2) is 4.79 Å². The molecule has 4 unspecified atom stereocenters. The molecular formula is C27H40ClN3O4. The smallest absolute Gasteiger partial charge is 0.326 e. The third-order valence-corrected chi connectivity index (χ3v) is 7.61. The van der Waals surface area contributed by atoms with Gasteiger partial charge < -0.3 is 15.4 Å². The Hall–Kier alpha value is -2.28. The molecule has 2 aliphatic rings. The normalized spacial score (nSPS) is 27.8. The second-order valence-corrected chi connectivity index (χ2v) is 11.7. The van der Waals surface area contributed by atoms with Gasteiger partial charge >= 0.3 is 12.0 Å². The average molecular weight is 506 g/mol. The van der Waals surface area contributed by atoms with Crippen molar-refractivity contribution in [2.45, 2.75) is 90.8 Å². The lowest BCUT2D eigenvalue weighted by Gasteiger charge is -2.45. The fraction of sp³-hybridized carbons (Fsp3) is 0.667. The SMILES string of the molecule is CC1CCCC(C)C1C1CCCC(N(C(N)=O)c2cccc(Cl)c2)C(=O)N1CC(=O)OC(C)(C)C. The number of carbonyl (C=O) groups is 3. The molecule has 1 aromatic rings. The summed E-state index contributed by atoms with van der Waals surface area (Å²) in [5.41, 5.74) is 5.61. The van der Waals surface area contributed by atoms with Crippen molar-refractivity contribution in [3.05, 3.63) is 29.3 Å². The molecule has 1 aromatic carbocycles. The van der Waals surface area contributed by atoms with Crippen molar-refractivity contribution >= 4 is 35.2 Å². The molecule has 7 nitrogen and oxygen atoms in total. The number of nitrogens with zero attached hydrogens (tertiary/aromatic N) is 2. The van der Waals surface area contributed by atoms with Crippen LogP contribution in [-0.4, -0.2) is 47.0 Å². The Morgan fingerprint density at radius 1 is 1.11 bits per heavy atom. The maximum absolute atomic E-state index is 14.2. The van der Waals surface area contributed by atoms with Crippen LogP contribution in [0.5, 0.6) is 0 Å². The molecule has 0 bridgehead atoms. The van der Waals surface area contributed by atoms with E-state index >= 15 is 0 Å². The van der Waals surface area contributed by atoms with E-state index in [1.54, 1.807) is 29.2 Å². The standard InChI is InChI=1S/C27H40ClN3O4/c1-17-9-6-10-18(2)24(17)21-13-8-14-22(25(33)30(21)16-23(32)35-27(3,4)5)31(26(29)34)20-12-7-11-19(28)15-20/h7,11-12,15,17-18,21-22,24H,6,8-10,13-14,16H2,1-5H3,(H2,29,34). The lowest BCUT2D eigenvalue weighted by atomic mass is 9.69. The predicted molar refractivity (Wildman–Crippen MR) is 138 cm³/mol. The number of nitrogens with two attached hydrogens (primary N) is 1. The minimum atomic E-state index is -0.812. The fourth-order valence-corrected chi connectivity index (χ4v) is 6.24. The van der Waals surface area contributed by atoms with Crippen molar-refractivity contribution in [3.8, 4) is 0 Å². The zero-order valence-corrected chi connectivity index (χ0v) is 22.4. The molecule has 3 rings (SSSR count). The molecule has 1 saturated carbocycles. The Morgan fingerprint density at radius 3 is 2.31 bits per heavy atom. The highest BCUT2D eigenvalue weighted by Gasteiger charge is 2.45. The first-order chi connectivity index (χ1) is 16.4. The molecule has 8 heteroatoms. The van der Waals surface area contributed by atoms with Crippen LogP contribution in [-0.2, 0) is 14.3 Å². The van der Waals surface area contributed by atoms with Crippen LogP contribution in [0.3, 0.4) is 0 Å². The number of benzene rings is 1. The van der Waals surface area contributed by atoms with Crippen molar-refractivity contribution < 1.29 is 19.1 Å². The maximum atomic E-state index is 14.2. The molecule has 1 heterocycles. The third kappa shape index (κ3) is 6.69. The molecule has 2 N–H and O–H groups in total. The summed E-state index contributed by atoms with van der Waals surface area (Å²) in [5, 5.41) is 0.447. The van der Waals surface area contributed by atoms with Crippen LogP contribution >= 0.6 is 11.6 Å². The molecule has 3 amide bonds. The zero-order valence-electron chi connectivity index (χ0n) is 21.6. The van der Waals surface area contributed by atoms with Gasteiger partial charge in [0, 0.05) is 16.8 Å². The number of hydrogen-bond acceptors (Lipinski definition) is 4. The summed E-state index contributed by atoms with van der Waals surface area (Å²) in [7, 11) is 0. The second-order valence-electron chi connectivity index (χ2n) is 11.2. The number of hydrogen-bond donors (Lipinski definition) is 1. The summed E-state index contributed by atoms with van der Waals surface area (Å²) < 4.78 is 5.61. The largest absolute Gasteiger partial charge is 0.459 e. The van der Waals surface area contributed by atoms with Gasteiger partial charge in [0.05, 0.1) is 0 Å². The second kappa shape index (κ2) is 11.2. The first kappa shape index (κ1) is 27.3. The van der Waals surface area contributed by atoms with E-state index in [4.69, 9.17) is 22.1 Å². The minimum Gasteiger partial charge on any atom is -0.459 e. The van der Waals surface area contributed by atoms with Gasteiger partial charge in [0.15, 0.2) is 0 Å². The Kier molecular flexibility index (Phi) is 8.73. The summed E-state index contributed by atoms with van der Waals surface area (Å²) >= 11 is 6.18. The molecule has 0 spiro atoms. The number of halogens is 1. The fourth-order valence-electron chi connectivity index (χ4n) is 6.06. The van der Waals surface area contributed by atoms with Crippen molar-refractivity contribution in [2.24, 2.45) is 23.5 Å². The minimum absolute atomic E-state index is 0.0978. The zero-order chi connectivity index (χ0) is 25.9. The van der Waals surface area contributed by atoms with E-state index in [1.807, 2.05) is 20.8 Å². The predicted octanol–water partition coefficient (Wildman–Crippen LogP) is 5.39. The Balaban J connectivity index is 2.00. The number of primary amides is 1. The van der Waals surface area contributed by atoms with Crippen LogP contribution in [0.25, 0.3) is 0 Å². The van der Waals surface area contributed by atoms with E-state index in [9.17, 15) is 14.4 Å². The van der Waals surface area contributed by atoms with Gasteiger partial charge in [0.1, 0.15) is 18.2 Å². The van der Waals surface area contributed by atoms with Crippen LogP contribution in [0.2, 0.25) is 5.02 Å². The number of ether oxygens (including phenoxy) is 1. The summed E-state index contributed by atoms with van der Waals surface area (Å²) in [4.78, 5) is 42.7. The molecule has 4 atom stereocenters. The van der Waals surface area contributed by atoms with Crippen molar-refractivity contribution in [2.75, 3.05) is 11.4 Å². The molecule has 2 fully saturated rings. The number of amides is 3. The number of esters is 1. The molecule has 1 saturated heterocycles. The highest BCUT2D eigenvalue weighted by atomic mass is 35.5. The molecule has 194 valence electrons. The summed E-state index contributed by atoms with van der Waals surface area (Å²) in [5.74, 6) is 0.453. The van der Waals surface area contributed by atoms with Crippen molar-refractivity contribution in [1.29, 1.82) is 0 Å². The van der Waals surface area contributed by atoms with Gasteiger partial charge in [-0.05, 0) is 76.0 Å². The van der Waals surface area contributed by atoms with E-state index in [-0.39, 0.29) is 24.4 Å². The van der Waals surface area contributed by atoms with Crippen LogP contribution < -0.4 is 10.6 Å². The lowest BCUT2D eigenvalue weighted by molar-refractivity contribution is -0.161. The number of anilines is 1. The summed E-state index contributed by atoms with van der Waals surface area (Å²) in [6.07, 6.45) is 5.38. The summed E-state index contributed by atoms with van der Waals surface area (Å²) in [6.45, 7) is 9.80. The van der Waals surface area contributed by atoms with Crippen LogP contribution in [0, 0.1) is 17.8 Å². The number of urea groups is 1. The van der Waals surface area contributed by atoms with Crippen molar-refractivity contribution in [1.82, 2.24) is 4.90 Å². The third-order valence-electron chi connectivity index (χ3n) is 7.38. The number of likely N-dealkylation sites (tertiary alicyclic amines) is 1. The quantitative estimate of drug-likeness (QED) is 0.543. The van der Waals surface area contributed by atoms with Crippen LogP contribution in [0.4, 0.5) is 10.5 Å². The van der Waals surface area contributed by atoms with Gasteiger partial charge in [-0.3, -0.25) is 14.5 Å². The average Bonchev–Trinajstić information content (AvgIpc) is 2.87. The van der Waals surface area contributed by atoms with Gasteiger partial charge in [-0.2, -0.15) is 0 Å². The van der Waals surface area contributed by atoms with Gasteiger partial charge in [0.25, 0.3) is 0 Å². The van der Waals surface area contributed by atoms with Gasteiger partial charge in [-0.1, -0.05) is 50.8 Å². The van der Waals surface area contributed by atoms with E-state index in [2.05, 4.69) is 13.8 Å². The first-order valence-electron chi connectivity index (χ1n) is 12.8. The highest BCUT2D eigenvalue weighted by Crippen LogP contribution is 2.41. The summed E-state index contributed by atoms with van der Waals surface area (Å²) in [6, 6.07) is 5.14. The van der Waals surface area contributed by atoms with Crippen LogP contribution in [0.15, 0.2) is 24.3 Å². The van der Waals surface area contributed by atoms with E-state index in [1.165, 1.54) is 11.3 Å². The Morgan fingerprint density at radius 2 is 1.74 bits per heavy atom. The first-order valence-corrected chi connectivity index (χ1v) is 13.1. The Labute approximate surface area is 214 Å². The molecular weight excluding hydrogens is 466 g/mol. The number of rotatable bonds is 5. The van der Waals surface area contributed by atoms with E-state index in [0.29, 0.717) is 29.0 Å². The Bertz CT molecular complexity index is 921. The van der Waals surface area contributed by atoms with E-state index in [0.717, 1.165) is 25.7 Å². The van der Waals surface area contributed by atoms with Crippen LogP contribution in [0.1, 0.15) is 73.1 Å². The molecule has 35 heavy (non-hydrogen) atoms. The highest BCUT2D eigenvalue weighted by molar-refractivity contribution is 6.31. The molecule has 1 aliphatic heterocycles. The monoisotopic (exact) mass is 505 g/mol.